The van der Waals surface area contributed by atoms with Crippen molar-refractivity contribution in [3.63, 3.8) is 0 Å². The Balaban J connectivity index is -0.000000169. The number of rotatable bonds is 5. The Bertz CT molecular complexity index is 41.4. The second kappa shape index (κ2) is 29.7. The molecule has 2 nitrogen and oxygen atoms in total. The van der Waals surface area contributed by atoms with Gasteiger partial charge in [0.1, 0.15) is 0 Å². The van der Waals surface area contributed by atoms with E-state index in [1.165, 1.54) is 25.7 Å². The van der Waals surface area contributed by atoms with Crippen LogP contribution >= 0.6 is 0 Å². The van der Waals surface area contributed by atoms with Crippen LogP contribution in [0.4, 0.5) is 0 Å². The van der Waals surface area contributed by atoms with E-state index in [2.05, 4.69) is 19.2 Å². The largest absolute Gasteiger partial charge is 0.330 e. The zero-order chi connectivity index (χ0) is 10.9. The van der Waals surface area contributed by atoms with Gasteiger partial charge in [-0.25, -0.2) is 0 Å². The van der Waals surface area contributed by atoms with E-state index in [4.69, 9.17) is 5.73 Å². The molecule has 0 heterocycles. The molecule has 84 valence electrons. The van der Waals surface area contributed by atoms with Crippen LogP contribution in [0.15, 0.2) is 0 Å². The van der Waals surface area contributed by atoms with Crippen molar-refractivity contribution in [3.05, 3.63) is 0 Å². The van der Waals surface area contributed by atoms with Crippen LogP contribution in [0.25, 0.3) is 0 Å². The van der Waals surface area contributed by atoms with Crippen LogP contribution in [0.3, 0.4) is 0 Å². The molecule has 0 aliphatic rings. The van der Waals surface area contributed by atoms with Gasteiger partial charge in [0.15, 0.2) is 0 Å². The first-order valence-corrected chi connectivity index (χ1v) is 5.68. The fourth-order valence-corrected chi connectivity index (χ4v) is 0.623. The predicted molar refractivity (Wildman–Crippen MR) is 64.1 cm³/mol. The summed E-state index contributed by atoms with van der Waals surface area (Å²) in [5.41, 5.74) is 5.29. The first-order chi connectivity index (χ1) is 6.33. The molecular formula is C11H30N2. The number of hydrogen-bond donors (Lipinski definition) is 2. The van der Waals surface area contributed by atoms with Gasteiger partial charge in [-0.15, -0.1) is 0 Å². The molecule has 0 spiro atoms. The molecule has 0 aromatic heterocycles. The van der Waals surface area contributed by atoms with E-state index in [0.717, 1.165) is 13.1 Å². The average Bonchev–Trinajstić information content (AvgIpc) is 2.17. The molecule has 0 bridgehead atoms. The molecule has 0 saturated carbocycles. The average molecular weight is 190 g/mol. The van der Waals surface area contributed by atoms with Crippen molar-refractivity contribution in [1.29, 1.82) is 0 Å². The second-order valence-electron chi connectivity index (χ2n) is 2.66. The quantitative estimate of drug-likeness (QED) is 0.654. The molecule has 2 heteroatoms. The number of nitrogens with one attached hydrogen (secondary N) is 1. The molecule has 0 aliphatic heterocycles. The monoisotopic (exact) mass is 190 g/mol. The molecule has 0 aromatic rings. The lowest BCUT2D eigenvalue weighted by molar-refractivity contribution is 0.648. The van der Waals surface area contributed by atoms with E-state index >= 15 is 0 Å². The van der Waals surface area contributed by atoms with Gasteiger partial charge in [0.25, 0.3) is 0 Å². The first kappa shape index (κ1) is 18.7. The SMILES string of the molecule is CC.CCC.CNCCCCCN. The summed E-state index contributed by atoms with van der Waals surface area (Å²) in [6.45, 7) is 10.2. The van der Waals surface area contributed by atoms with Crippen molar-refractivity contribution in [1.82, 2.24) is 5.32 Å². The highest BCUT2D eigenvalue weighted by Crippen LogP contribution is 1.89. The predicted octanol–water partition coefficient (Wildman–Crippen LogP) is 2.78. The van der Waals surface area contributed by atoms with Crippen LogP contribution in [-0.4, -0.2) is 20.1 Å². The third-order valence-corrected chi connectivity index (χ3v) is 1.13. The van der Waals surface area contributed by atoms with E-state index in [0.29, 0.717) is 0 Å². The Hall–Kier alpha value is -0.0800. The van der Waals surface area contributed by atoms with Gasteiger partial charge in [-0.1, -0.05) is 40.5 Å². The molecule has 0 atom stereocenters. The molecule has 3 N–H and O–H groups in total. The van der Waals surface area contributed by atoms with E-state index in [9.17, 15) is 0 Å². The summed E-state index contributed by atoms with van der Waals surface area (Å²) in [7, 11) is 1.97. The van der Waals surface area contributed by atoms with Gasteiger partial charge >= 0.3 is 0 Å². The van der Waals surface area contributed by atoms with Gasteiger partial charge in [-0.3, -0.25) is 0 Å². The van der Waals surface area contributed by atoms with Crippen LogP contribution < -0.4 is 11.1 Å². The van der Waals surface area contributed by atoms with Gasteiger partial charge < -0.3 is 11.1 Å². The molecule has 0 fully saturated rings. The first-order valence-electron chi connectivity index (χ1n) is 5.68. The normalized spacial score (nSPS) is 7.85. The smallest absolute Gasteiger partial charge is 0.00519 e. The van der Waals surface area contributed by atoms with E-state index in [-0.39, 0.29) is 0 Å². The molecule has 0 unspecified atom stereocenters. The van der Waals surface area contributed by atoms with E-state index < -0.39 is 0 Å². The van der Waals surface area contributed by atoms with Gasteiger partial charge in [0.05, 0.1) is 0 Å². The highest BCUT2D eigenvalue weighted by molar-refractivity contribution is 4.43. The van der Waals surface area contributed by atoms with Gasteiger partial charge in [0, 0.05) is 0 Å². The van der Waals surface area contributed by atoms with Crippen LogP contribution in [0.2, 0.25) is 0 Å². The summed E-state index contributed by atoms with van der Waals surface area (Å²) in [5, 5.41) is 3.09. The zero-order valence-electron chi connectivity index (χ0n) is 10.3. The standard InChI is InChI=1S/C6H16N2.C3H8.C2H6/c1-8-6-4-2-3-5-7;1-3-2;1-2/h8H,2-7H2,1H3;3H2,1-2H3;1-2H3. The maximum atomic E-state index is 5.29. The minimum Gasteiger partial charge on any atom is -0.330 e. The lowest BCUT2D eigenvalue weighted by Crippen LogP contribution is -2.08. The Morgan fingerprint density at radius 2 is 1.46 bits per heavy atom. The van der Waals surface area contributed by atoms with Gasteiger partial charge in [0.2, 0.25) is 0 Å². The highest BCUT2D eigenvalue weighted by Gasteiger charge is 1.82. The van der Waals surface area contributed by atoms with Crippen molar-refractivity contribution < 1.29 is 0 Å². The van der Waals surface area contributed by atoms with Crippen LogP contribution in [0.5, 0.6) is 0 Å². The van der Waals surface area contributed by atoms with Gasteiger partial charge in [-0.05, 0) is 33.0 Å². The molecule has 0 radical (unpaired) electrons. The van der Waals surface area contributed by atoms with Crippen LogP contribution in [0, 0.1) is 0 Å². The molecule has 0 aliphatic carbocycles. The molecule has 0 rings (SSSR count). The van der Waals surface area contributed by atoms with Gasteiger partial charge in [-0.2, -0.15) is 0 Å². The van der Waals surface area contributed by atoms with Crippen molar-refractivity contribution in [3.8, 4) is 0 Å². The number of nitrogens with two attached hydrogens (primary N) is 1. The van der Waals surface area contributed by atoms with Crippen LogP contribution in [-0.2, 0) is 0 Å². The second-order valence-corrected chi connectivity index (χ2v) is 2.66. The summed E-state index contributed by atoms with van der Waals surface area (Å²) in [6, 6.07) is 0. The lowest BCUT2D eigenvalue weighted by atomic mass is 10.2. The fourth-order valence-electron chi connectivity index (χ4n) is 0.623. The molecule has 0 saturated heterocycles. The number of unbranched alkanes of at least 4 members (excludes halogenated alkanes) is 2. The lowest BCUT2D eigenvalue weighted by Gasteiger charge is -1.95. The summed E-state index contributed by atoms with van der Waals surface area (Å²) >= 11 is 0. The van der Waals surface area contributed by atoms with E-state index in [1.54, 1.807) is 0 Å². The van der Waals surface area contributed by atoms with E-state index in [1.807, 2.05) is 20.9 Å². The topological polar surface area (TPSA) is 38.0 Å². The maximum absolute atomic E-state index is 5.29. The van der Waals surface area contributed by atoms with Crippen molar-refractivity contribution >= 4 is 0 Å². The maximum Gasteiger partial charge on any atom is -0.00519 e. The molecule has 0 aromatic carbocycles. The summed E-state index contributed by atoms with van der Waals surface area (Å²) in [6.07, 6.45) is 4.94. The molecule has 0 amide bonds. The minimum atomic E-state index is 0.837. The highest BCUT2D eigenvalue weighted by atomic mass is 14.8. The zero-order valence-corrected chi connectivity index (χ0v) is 10.3. The third-order valence-electron chi connectivity index (χ3n) is 1.13. The summed E-state index contributed by atoms with van der Waals surface area (Å²) in [5.74, 6) is 0. The molecule has 13 heavy (non-hydrogen) atoms. The third kappa shape index (κ3) is 48.5. The summed E-state index contributed by atoms with van der Waals surface area (Å²) in [4.78, 5) is 0. The van der Waals surface area contributed by atoms with Crippen molar-refractivity contribution in [2.24, 2.45) is 5.73 Å². The Morgan fingerprint density at radius 3 is 1.77 bits per heavy atom. The fraction of sp³-hybridized carbons (Fsp3) is 1.00. The Morgan fingerprint density at radius 1 is 1.00 bits per heavy atom. The van der Waals surface area contributed by atoms with Crippen molar-refractivity contribution in [2.75, 3.05) is 20.1 Å². The van der Waals surface area contributed by atoms with Crippen LogP contribution in [0.1, 0.15) is 53.4 Å². The number of hydrogen-bond acceptors (Lipinski definition) is 2. The van der Waals surface area contributed by atoms with Crippen molar-refractivity contribution in [2.45, 2.75) is 53.4 Å². The Kier molecular flexibility index (Phi) is 42.6. The Labute approximate surface area is 85.3 Å². The summed E-state index contributed by atoms with van der Waals surface area (Å²) < 4.78 is 0. The molecular weight excluding hydrogens is 160 g/mol. The minimum absolute atomic E-state index is 0.837.